The highest BCUT2D eigenvalue weighted by Crippen LogP contribution is 2.27. The van der Waals surface area contributed by atoms with Crippen LogP contribution in [0.4, 0.5) is 9.18 Å². The van der Waals surface area contributed by atoms with Crippen LogP contribution in [0.2, 0.25) is 0 Å². The number of benzene rings is 2. The van der Waals surface area contributed by atoms with E-state index in [0.717, 1.165) is 5.56 Å². The number of carbonyl (C=O) groups is 1. The van der Waals surface area contributed by atoms with E-state index in [1.807, 2.05) is 34.9 Å². The summed E-state index contributed by atoms with van der Waals surface area (Å²) >= 11 is 0. The van der Waals surface area contributed by atoms with Crippen LogP contribution >= 0.6 is 0 Å². The zero-order valence-corrected chi connectivity index (χ0v) is 18.7. The molecule has 0 bridgehead atoms. The highest BCUT2D eigenvalue weighted by Gasteiger charge is 2.37. The van der Waals surface area contributed by atoms with Gasteiger partial charge in [-0.05, 0) is 56.0 Å². The van der Waals surface area contributed by atoms with E-state index in [9.17, 15) is 17.6 Å². The number of sulfonamides is 1. The fourth-order valence-corrected chi connectivity index (χ4v) is 5.99. The summed E-state index contributed by atoms with van der Waals surface area (Å²) in [6.45, 7) is 6.24. The first kappa shape index (κ1) is 21.8. The van der Waals surface area contributed by atoms with Gasteiger partial charge in [-0.15, -0.1) is 0 Å². The van der Waals surface area contributed by atoms with Crippen LogP contribution in [0.15, 0.2) is 47.4 Å². The molecule has 2 aromatic carbocycles. The van der Waals surface area contributed by atoms with E-state index in [4.69, 9.17) is 0 Å². The van der Waals surface area contributed by atoms with Gasteiger partial charge in [-0.25, -0.2) is 17.6 Å². The van der Waals surface area contributed by atoms with Crippen molar-refractivity contribution in [2.24, 2.45) is 0 Å². The first-order valence-electron chi connectivity index (χ1n) is 10.6. The molecule has 2 saturated heterocycles. The molecule has 0 aliphatic carbocycles. The number of urea groups is 1. The first-order valence-corrected chi connectivity index (χ1v) is 12.1. The van der Waals surface area contributed by atoms with Crippen molar-refractivity contribution in [2.75, 3.05) is 26.2 Å². The maximum absolute atomic E-state index is 13.5. The van der Waals surface area contributed by atoms with Crippen LogP contribution < -0.4 is 0 Å². The van der Waals surface area contributed by atoms with Gasteiger partial charge in [0.15, 0.2) is 0 Å². The number of carbonyl (C=O) groups excluding carboxylic acids is 1. The number of amides is 2. The number of rotatable bonds is 5. The van der Waals surface area contributed by atoms with E-state index in [2.05, 4.69) is 6.07 Å². The van der Waals surface area contributed by atoms with Gasteiger partial charge < -0.3 is 9.80 Å². The van der Waals surface area contributed by atoms with Crippen LogP contribution in [-0.2, 0) is 16.6 Å². The van der Waals surface area contributed by atoms with Gasteiger partial charge >= 0.3 is 6.03 Å². The Morgan fingerprint density at radius 2 is 1.74 bits per heavy atom. The van der Waals surface area contributed by atoms with Crippen LogP contribution in [-0.4, -0.2) is 60.8 Å². The van der Waals surface area contributed by atoms with Crippen LogP contribution in [0.3, 0.4) is 0 Å². The van der Waals surface area contributed by atoms with Crippen LogP contribution in [0.25, 0.3) is 0 Å². The van der Waals surface area contributed by atoms with E-state index in [-0.39, 0.29) is 17.0 Å². The van der Waals surface area contributed by atoms with E-state index >= 15 is 0 Å². The normalized spacial score (nSPS) is 18.7. The molecule has 8 heteroatoms. The number of halogens is 1. The lowest BCUT2D eigenvalue weighted by molar-refractivity contribution is 0.153. The molecule has 4 rings (SSSR count). The summed E-state index contributed by atoms with van der Waals surface area (Å²) in [5, 5.41) is 0. The van der Waals surface area contributed by atoms with Crippen LogP contribution in [0.1, 0.15) is 29.5 Å². The first-order chi connectivity index (χ1) is 14.8. The number of aryl methyl sites for hydroxylation is 2. The third-order valence-electron chi connectivity index (χ3n) is 6.21. The number of hydrogen-bond acceptors (Lipinski definition) is 3. The Hall–Kier alpha value is -2.45. The van der Waals surface area contributed by atoms with Gasteiger partial charge in [-0.3, -0.25) is 0 Å². The summed E-state index contributed by atoms with van der Waals surface area (Å²) in [6, 6.07) is 12.1. The van der Waals surface area contributed by atoms with Gasteiger partial charge in [-0.2, -0.15) is 4.31 Å². The van der Waals surface area contributed by atoms with Crippen molar-refractivity contribution in [2.45, 2.75) is 44.2 Å². The average molecular weight is 446 g/mol. The highest BCUT2D eigenvalue weighted by molar-refractivity contribution is 7.89. The molecule has 2 amide bonds. The summed E-state index contributed by atoms with van der Waals surface area (Å²) < 4.78 is 40.9. The lowest BCUT2D eigenvalue weighted by Gasteiger charge is -2.36. The quantitative estimate of drug-likeness (QED) is 0.707. The lowest BCUT2D eigenvalue weighted by Crippen LogP contribution is -2.47. The second kappa shape index (κ2) is 8.59. The molecule has 0 radical (unpaired) electrons. The molecule has 2 heterocycles. The minimum absolute atomic E-state index is 0.0250. The Morgan fingerprint density at radius 3 is 2.42 bits per heavy atom. The lowest BCUT2D eigenvalue weighted by atomic mass is 10.1. The largest absolute Gasteiger partial charge is 0.320 e. The van der Waals surface area contributed by atoms with Gasteiger partial charge in [-0.1, -0.05) is 29.8 Å². The standard InChI is InChI=1S/C23H28FN3O3S/c1-17-4-3-5-19(14-17)16-25-12-13-27(23(25)28)20-8-10-26(11-9-20)31(29,30)21-6-7-22(24)18(2)15-21/h3-7,14-15,20H,8-13,16H2,1-2H3. The zero-order valence-electron chi connectivity index (χ0n) is 17.9. The summed E-state index contributed by atoms with van der Waals surface area (Å²) in [5.74, 6) is -0.416. The van der Waals surface area contributed by atoms with Crippen LogP contribution in [0, 0.1) is 19.7 Å². The topological polar surface area (TPSA) is 60.9 Å². The summed E-state index contributed by atoms with van der Waals surface area (Å²) in [6.07, 6.45) is 1.20. The smallest absolute Gasteiger partial charge is 0.320 e. The van der Waals surface area contributed by atoms with Crippen molar-refractivity contribution in [3.05, 3.63) is 65.0 Å². The number of hydrogen-bond donors (Lipinski definition) is 0. The van der Waals surface area contributed by atoms with Gasteiger partial charge in [0.25, 0.3) is 0 Å². The Labute approximate surface area is 183 Å². The fourth-order valence-electron chi connectivity index (χ4n) is 4.44. The van der Waals surface area contributed by atoms with Crippen LogP contribution in [0.5, 0.6) is 0 Å². The molecule has 31 heavy (non-hydrogen) atoms. The molecule has 0 atom stereocenters. The second-order valence-electron chi connectivity index (χ2n) is 8.43. The molecule has 2 aromatic rings. The SMILES string of the molecule is Cc1cccc(CN2CCN(C3CCN(S(=O)(=O)c4ccc(F)c(C)c4)CC3)C2=O)c1. The molecule has 0 saturated carbocycles. The minimum atomic E-state index is -3.66. The maximum Gasteiger partial charge on any atom is 0.320 e. The average Bonchev–Trinajstić information content (AvgIpc) is 3.10. The molecule has 2 aliphatic heterocycles. The molecular weight excluding hydrogens is 417 g/mol. The van der Waals surface area contributed by atoms with Gasteiger partial charge in [0, 0.05) is 38.8 Å². The highest BCUT2D eigenvalue weighted by atomic mass is 32.2. The molecule has 0 unspecified atom stereocenters. The van der Waals surface area contributed by atoms with Crippen molar-refractivity contribution in [1.29, 1.82) is 0 Å². The number of nitrogens with zero attached hydrogens (tertiary/aromatic N) is 3. The Morgan fingerprint density at radius 1 is 1.00 bits per heavy atom. The summed E-state index contributed by atoms with van der Waals surface area (Å²) in [7, 11) is -3.66. The van der Waals surface area contributed by atoms with Gasteiger partial charge in [0.05, 0.1) is 4.90 Å². The van der Waals surface area contributed by atoms with E-state index in [0.29, 0.717) is 51.1 Å². The monoisotopic (exact) mass is 445 g/mol. The molecular formula is C23H28FN3O3S. The Balaban J connectivity index is 1.37. The van der Waals surface area contributed by atoms with Crippen molar-refractivity contribution in [3.63, 3.8) is 0 Å². The van der Waals surface area contributed by atoms with Crippen molar-refractivity contribution in [3.8, 4) is 0 Å². The maximum atomic E-state index is 13.5. The second-order valence-corrected chi connectivity index (χ2v) is 10.4. The molecule has 0 aromatic heterocycles. The molecule has 2 fully saturated rings. The summed E-state index contributed by atoms with van der Waals surface area (Å²) in [4.78, 5) is 16.8. The Bertz CT molecular complexity index is 1080. The molecule has 6 nitrogen and oxygen atoms in total. The van der Waals surface area contributed by atoms with Gasteiger partial charge in [0.1, 0.15) is 5.82 Å². The number of piperidine rings is 1. The van der Waals surface area contributed by atoms with Crippen molar-refractivity contribution < 1.29 is 17.6 Å². The molecule has 166 valence electrons. The van der Waals surface area contributed by atoms with Gasteiger partial charge in [0.2, 0.25) is 10.0 Å². The van der Waals surface area contributed by atoms with E-state index in [1.54, 1.807) is 6.92 Å². The molecule has 0 spiro atoms. The van der Waals surface area contributed by atoms with Crippen molar-refractivity contribution >= 4 is 16.1 Å². The minimum Gasteiger partial charge on any atom is -0.320 e. The van der Waals surface area contributed by atoms with E-state index in [1.165, 1.54) is 28.1 Å². The van der Waals surface area contributed by atoms with Crippen molar-refractivity contribution in [1.82, 2.24) is 14.1 Å². The third-order valence-corrected chi connectivity index (χ3v) is 8.11. The summed E-state index contributed by atoms with van der Waals surface area (Å²) in [5.41, 5.74) is 2.60. The van der Waals surface area contributed by atoms with E-state index < -0.39 is 15.8 Å². The fraction of sp³-hybridized carbons (Fsp3) is 0.435. The third kappa shape index (κ3) is 4.45. The predicted molar refractivity (Wildman–Crippen MR) is 117 cm³/mol. The predicted octanol–water partition coefficient (Wildman–Crippen LogP) is 3.53. The molecule has 2 aliphatic rings. The molecule has 0 N–H and O–H groups in total. The Kier molecular flexibility index (Phi) is 6.03. The zero-order chi connectivity index (χ0) is 22.2.